The minimum atomic E-state index is -0.568. The third kappa shape index (κ3) is 5.24. The summed E-state index contributed by atoms with van der Waals surface area (Å²) in [7, 11) is 1.70. The highest BCUT2D eigenvalue weighted by atomic mass is 127. The number of hydrogen-bond donors (Lipinski definition) is 2. The number of para-hydroxylation sites is 2. The largest absolute Gasteiger partial charge is 0.486 e. The molecule has 2 N–H and O–H groups in total. The van der Waals surface area contributed by atoms with Crippen molar-refractivity contribution in [1.82, 2.24) is 10.6 Å². The molecule has 0 bridgehead atoms. The standard InChI is InChI=1S/C21H24F2N4O2.HI/c1-24-21(25-11-16-13-28-19-4-2-3-5-20(19)29-16)26-15-8-9-27(12-15)18-7-6-14(22)10-17(18)23;/h2-7,10,15-16H,8-9,11-13H2,1H3,(H2,24,25,26);1H. The Balaban J connectivity index is 0.00000256. The molecule has 0 aromatic heterocycles. The summed E-state index contributed by atoms with van der Waals surface area (Å²) in [6.45, 7) is 2.30. The first-order valence-electron chi connectivity index (χ1n) is 9.68. The molecule has 2 atom stereocenters. The van der Waals surface area contributed by atoms with E-state index in [0.717, 1.165) is 24.0 Å². The van der Waals surface area contributed by atoms with Gasteiger partial charge in [0.15, 0.2) is 17.5 Å². The van der Waals surface area contributed by atoms with Crippen LogP contribution in [0.15, 0.2) is 47.5 Å². The Bertz CT molecular complexity index is 899. The van der Waals surface area contributed by atoms with Crippen molar-refractivity contribution in [2.24, 2.45) is 4.99 Å². The Hall–Kier alpha value is -2.30. The van der Waals surface area contributed by atoms with Crippen LogP contribution in [0.3, 0.4) is 0 Å². The maximum absolute atomic E-state index is 14.0. The molecular formula is C21H25F2IN4O2. The van der Waals surface area contributed by atoms with Crippen molar-refractivity contribution in [2.45, 2.75) is 18.6 Å². The van der Waals surface area contributed by atoms with Crippen LogP contribution in [0.2, 0.25) is 0 Å². The molecule has 2 aliphatic rings. The SMILES string of the molecule is CN=C(NCC1COc2ccccc2O1)NC1CCN(c2ccc(F)cc2F)C1.I. The van der Waals surface area contributed by atoms with Gasteiger partial charge in [0.1, 0.15) is 24.3 Å². The quantitative estimate of drug-likeness (QED) is 0.362. The van der Waals surface area contributed by atoms with Crippen molar-refractivity contribution < 1.29 is 18.3 Å². The van der Waals surface area contributed by atoms with Gasteiger partial charge in [0.25, 0.3) is 0 Å². The second kappa shape index (κ2) is 10.1. The van der Waals surface area contributed by atoms with Crippen LogP contribution in [0, 0.1) is 11.6 Å². The molecule has 9 heteroatoms. The van der Waals surface area contributed by atoms with Gasteiger partial charge in [-0.3, -0.25) is 4.99 Å². The number of anilines is 1. The van der Waals surface area contributed by atoms with Gasteiger partial charge in [-0.25, -0.2) is 8.78 Å². The zero-order chi connectivity index (χ0) is 20.2. The number of benzene rings is 2. The Labute approximate surface area is 191 Å². The molecule has 0 aliphatic carbocycles. The van der Waals surface area contributed by atoms with Gasteiger partial charge in [-0.2, -0.15) is 0 Å². The average Bonchev–Trinajstić information content (AvgIpc) is 3.19. The topological polar surface area (TPSA) is 58.1 Å². The summed E-state index contributed by atoms with van der Waals surface area (Å²) in [5, 5.41) is 6.62. The Kier molecular flexibility index (Phi) is 7.57. The zero-order valence-corrected chi connectivity index (χ0v) is 18.9. The zero-order valence-electron chi connectivity index (χ0n) is 16.6. The first-order valence-corrected chi connectivity index (χ1v) is 9.68. The number of nitrogens with zero attached hydrogens (tertiary/aromatic N) is 2. The number of guanidine groups is 1. The summed E-state index contributed by atoms with van der Waals surface area (Å²) in [5.41, 5.74) is 0.421. The number of nitrogens with one attached hydrogen (secondary N) is 2. The lowest BCUT2D eigenvalue weighted by Crippen LogP contribution is -2.48. The second-order valence-corrected chi connectivity index (χ2v) is 7.12. The maximum atomic E-state index is 14.0. The predicted octanol–water partition coefficient (Wildman–Crippen LogP) is 3.17. The van der Waals surface area contributed by atoms with Crippen LogP contribution in [-0.4, -0.2) is 51.4 Å². The van der Waals surface area contributed by atoms with E-state index in [1.165, 1.54) is 12.1 Å². The number of ether oxygens (including phenoxy) is 2. The minimum Gasteiger partial charge on any atom is -0.486 e. The Morgan fingerprint density at radius 3 is 2.77 bits per heavy atom. The molecule has 162 valence electrons. The minimum absolute atomic E-state index is 0. The van der Waals surface area contributed by atoms with Gasteiger partial charge in [-0.05, 0) is 30.7 Å². The van der Waals surface area contributed by atoms with E-state index in [-0.39, 0.29) is 36.1 Å². The first kappa shape index (κ1) is 22.4. The number of halogens is 3. The lowest BCUT2D eigenvalue weighted by molar-refractivity contribution is 0.0936. The molecule has 2 unspecified atom stereocenters. The van der Waals surface area contributed by atoms with Crippen molar-refractivity contribution >= 4 is 35.6 Å². The fourth-order valence-electron chi connectivity index (χ4n) is 3.60. The summed E-state index contributed by atoms with van der Waals surface area (Å²) in [5.74, 6) is 1.04. The van der Waals surface area contributed by atoms with Gasteiger partial charge >= 0.3 is 0 Å². The fraction of sp³-hybridized carbons (Fsp3) is 0.381. The molecular weight excluding hydrogens is 505 g/mol. The van der Waals surface area contributed by atoms with Gasteiger partial charge in [0.05, 0.1) is 12.2 Å². The fourth-order valence-corrected chi connectivity index (χ4v) is 3.60. The summed E-state index contributed by atoms with van der Waals surface area (Å²) < 4.78 is 38.8. The molecule has 4 rings (SSSR count). The molecule has 1 fully saturated rings. The van der Waals surface area contributed by atoms with E-state index in [1.54, 1.807) is 7.05 Å². The Morgan fingerprint density at radius 1 is 1.20 bits per heavy atom. The lowest BCUT2D eigenvalue weighted by Gasteiger charge is -2.27. The normalized spacial score (nSPS) is 20.5. The van der Waals surface area contributed by atoms with E-state index >= 15 is 0 Å². The number of fused-ring (bicyclic) bond motifs is 1. The maximum Gasteiger partial charge on any atom is 0.191 e. The molecule has 2 aliphatic heterocycles. The van der Waals surface area contributed by atoms with Crippen molar-refractivity contribution in [1.29, 1.82) is 0 Å². The molecule has 1 saturated heterocycles. The van der Waals surface area contributed by atoms with E-state index in [1.807, 2.05) is 29.2 Å². The van der Waals surface area contributed by atoms with Crippen LogP contribution < -0.4 is 25.0 Å². The van der Waals surface area contributed by atoms with E-state index in [9.17, 15) is 8.78 Å². The van der Waals surface area contributed by atoms with Crippen LogP contribution in [0.1, 0.15) is 6.42 Å². The van der Waals surface area contributed by atoms with Gasteiger partial charge in [0.2, 0.25) is 0 Å². The molecule has 30 heavy (non-hydrogen) atoms. The van der Waals surface area contributed by atoms with Crippen molar-refractivity contribution in [3.63, 3.8) is 0 Å². The summed E-state index contributed by atoms with van der Waals surface area (Å²) in [4.78, 5) is 6.17. The summed E-state index contributed by atoms with van der Waals surface area (Å²) in [6.07, 6.45) is 0.699. The van der Waals surface area contributed by atoms with E-state index in [0.29, 0.717) is 37.9 Å². The average molecular weight is 530 g/mol. The number of aliphatic imine (C=N–C) groups is 1. The molecule has 2 aromatic carbocycles. The van der Waals surface area contributed by atoms with Crippen LogP contribution in [-0.2, 0) is 0 Å². The number of hydrogen-bond acceptors (Lipinski definition) is 4. The molecule has 0 saturated carbocycles. The molecule has 0 radical (unpaired) electrons. The van der Waals surface area contributed by atoms with Crippen molar-refractivity contribution in [3.05, 3.63) is 54.1 Å². The van der Waals surface area contributed by atoms with Gasteiger partial charge in [-0.1, -0.05) is 12.1 Å². The van der Waals surface area contributed by atoms with Crippen LogP contribution in [0.4, 0.5) is 14.5 Å². The first-order chi connectivity index (χ1) is 14.1. The van der Waals surface area contributed by atoms with E-state index in [4.69, 9.17) is 9.47 Å². The molecule has 6 nitrogen and oxygen atoms in total. The summed E-state index contributed by atoms with van der Waals surface area (Å²) in [6, 6.07) is 11.4. The van der Waals surface area contributed by atoms with Crippen LogP contribution >= 0.6 is 24.0 Å². The van der Waals surface area contributed by atoms with Crippen LogP contribution in [0.5, 0.6) is 11.5 Å². The predicted molar refractivity (Wildman–Crippen MR) is 123 cm³/mol. The molecule has 2 heterocycles. The monoisotopic (exact) mass is 530 g/mol. The van der Waals surface area contributed by atoms with Gasteiger partial charge in [0, 0.05) is 32.2 Å². The van der Waals surface area contributed by atoms with Gasteiger partial charge < -0.3 is 25.0 Å². The Morgan fingerprint density at radius 2 is 2.00 bits per heavy atom. The van der Waals surface area contributed by atoms with Crippen LogP contribution in [0.25, 0.3) is 0 Å². The van der Waals surface area contributed by atoms with E-state index in [2.05, 4.69) is 15.6 Å². The third-order valence-electron chi connectivity index (χ3n) is 5.07. The second-order valence-electron chi connectivity index (χ2n) is 7.12. The molecule has 0 amide bonds. The third-order valence-corrected chi connectivity index (χ3v) is 5.07. The van der Waals surface area contributed by atoms with Crippen molar-refractivity contribution in [2.75, 3.05) is 38.2 Å². The highest BCUT2D eigenvalue weighted by Crippen LogP contribution is 2.30. The van der Waals surface area contributed by atoms with Crippen molar-refractivity contribution in [3.8, 4) is 11.5 Å². The lowest BCUT2D eigenvalue weighted by atomic mass is 10.2. The smallest absolute Gasteiger partial charge is 0.191 e. The highest BCUT2D eigenvalue weighted by Gasteiger charge is 2.26. The van der Waals surface area contributed by atoms with Gasteiger partial charge in [-0.15, -0.1) is 24.0 Å². The van der Waals surface area contributed by atoms with E-state index < -0.39 is 11.6 Å². The summed E-state index contributed by atoms with van der Waals surface area (Å²) >= 11 is 0. The highest BCUT2D eigenvalue weighted by molar-refractivity contribution is 14.0. The number of rotatable bonds is 4. The molecule has 0 spiro atoms. The molecule has 2 aromatic rings.